The van der Waals surface area contributed by atoms with Gasteiger partial charge in [-0.25, -0.2) is 5.48 Å². The molecule has 0 atom stereocenters. The Labute approximate surface area is 133 Å². The molecular weight excluding hydrogens is 294 g/mol. The minimum absolute atomic E-state index is 0.0685. The largest absolute Gasteiger partial charge is 0.382 e. The molecule has 1 aliphatic heterocycles. The summed E-state index contributed by atoms with van der Waals surface area (Å²) in [6.45, 7) is 2.40. The number of fused-ring (bicyclic) bond motifs is 1. The van der Waals surface area contributed by atoms with Crippen molar-refractivity contribution in [3.05, 3.63) is 64.8 Å². The number of hydrogen-bond acceptors (Lipinski definition) is 5. The van der Waals surface area contributed by atoms with Crippen LogP contribution in [0.2, 0.25) is 0 Å². The first kappa shape index (κ1) is 15.0. The summed E-state index contributed by atoms with van der Waals surface area (Å²) in [6.07, 6.45) is 7.50. The Morgan fingerprint density at radius 1 is 1.39 bits per heavy atom. The maximum absolute atomic E-state index is 12.0. The molecule has 2 aliphatic rings. The molecule has 0 saturated carbocycles. The molecule has 3 rings (SSSR count). The van der Waals surface area contributed by atoms with Gasteiger partial charge in [0.2, 0.25) is 0 Å². The van der Waals surface area contributed by atoms with E-state index in [4.69, 9.17) is 4.84 Å². The molecule has 1 aliphatic carbocycles. The van der Waals surface area contributed by atoms with E-state index in [0.29, 0.717) is 30.7 Å². The van der Waals surface area contributed by atoms with Crippen LogP contribution in [-0.2, 0) is 9.63 Å². The maximum Gasteiger partial charge on any atom is 0.251 e. The molecule has 0 unspecified atom stereocenters. The molecule has 0 radical (unpaired) electrons. The molecule has 0 saturated heterocycles. The highest BCUT2D eigenvalue weighted by atomic mass is 16.6. The molecular formula is C17H17N3O3. The SMILES string of the molecule is CC1=C(CCNC(=O)c2ccncc2)NOC2=CCC(=O)C=C21. The summed E-state index contributed by atoms with van der Waals surface area (Å²) in [5.74, 6) is 0.612. The molecule has 1 aromatic rings. The number of hydroxylamine groups is 1. The number of carbonyl (C=O) groups excluding carboxylic acids is 2. The molecule has 23 heavy (non-hydrogen) atoms. The Morgan fingerprint density at radius 3 is 2.96 bits per heavy atom. The summed E-state index contributed by atoms with van der Waals surface area (Å²) < 4.78 is 0. The van der Waals surface area contributed by atoms with Gasteiger partial charge in [0.05, 0.1) is 5.70 Å². The fraction of sp³-hybridized carbons (Fsp3) is 0.235. The quantitative estimate of drug-likeness (QED) is 0.886. The first-order valence-electron chi connectivity index (χ1n) is 7.41. The van der Waals surface area contributed by atoms with Crippen molar-refractivity contribution < 1.29 is 14.4 Å². The Kier molecular flexibility index (Phi) is 4.23. The van der Waals surface area contributed by atoms with Crippen LogP contribution in [0, 0.1) is 0 Å². The van der Waals surface area contributed by atoms with Crippen molar-refractivity contribution in [1.29, 1.82) is 0 Å². The van der Waals surface area contributed by atoms with Crippen LogP contribution in [0.5, 0.6) is 0 Å². The maximum atomic E-state index is 12.0. The van der Waals surface area contributed by atoms with E-state index in [-0.39, 0.29) is 11.7 Å². The van der Waals surface area contributed by atoms with Crippen molar-refractivity contribution in [3.8, 4) is 0 Å². The predicted molar refractivity (Wildman–Crippen MR) is 83.9 cm³/mol. The van der Waals surface area contributed by atoms with E-state index in [0.717, 1.165) is 16.8 Å². The number of amides is 1. The average molecular weight is 311 g/mol. The third-order valence-corrected chi connectivity index (χ3v) is 3.80. The van der Waals surface area contributed by atoms with Crippen molar-refractivity contribution in [2.75, 3.05) is 6.54 Å². The number of pyridine rings is 1. The zero-order chi connectivity index (χ0) is 16.2. The summed E-state index contributed by atoms with van der Waals surface area (Å²) in [5.41, 5.74) is 6.11. The number of ketones is 1. The number of nitrogens with zero attached hydrogens (tertiary/aromatic N) is 1. The number of allylic oxidation sites excluding steroid dienone is 3. The Morgan fingerprint density at radius 2 is 2.17 bits per heavy atom. The first-order valence-corrected chi connectivity index (χ1v) is 7.41. The van der Waals surface area contributed by atoms with Gasteiger partial charge >= 0.3 is 0 Å². The third kappa shape index (κ3) is 3.31. The van der Waals surface area contributed by atoms with Crippen molar-refractivity contribution in [2.24, 2.45) is 0 Å². The van der Waals surface area contributed by atoms with Gasteiger partial charge in [-0.15, -0.1) is 0 Å². The second-order valence-electron chi connectivity index (χ2n) is 5.35. The lowest BCUT2D eigenvalue weighted by molar-refractivity contribution is -0.114. The third-order valence-electron chi connectivity index (χ3n) is 3.80. The minimum atomic E-state index is -0.143. The molecule has 0 aromatic carbocycles. The molecule has 0 bridgehead atoms. The van der Waals surface area contributed by atoms with Gasteiger partial charge in [0.15, 0.2) is 11.5 Å². The fourth-order valence-electron chi connectivity index (χ4n) is 2.48. The van der Waals surface area contributed by atoms with Crippen LogP contribution in [0.3, 0.4) is 0 Å². The van der Waals surface area contributed by atoms with Crippen molar-refractivity contribution in [2.45, 2.75) is 19.8 Å². The highest BCUT2D eigenvalue weighted by Crippen LogP contribution is 2.30. The average Bonchev–Trinajstić information content (AvgIpc) is 2.58. The van der Waals surface area contributed by atoms with Crippen molar-refractivity contribution in [1.82, 2.24) is 15.8 Å². The number of rotatable bonds is 4. The van der Waals surface area contributed by atoms with E-state index in [1.165, 1.54) is 0 Å². The lowest BCUT2D eigenvalue weighted by Crippen LogP contribution is -2.29. The second kappa shape index (κ2) is 6.48. The molecule has 0 fully saturated rings. The molecule has 6 heteroatoms. The summed E-state index contributed by atoms with van der Waals surface area (Å²) in [6, 6.07) is 3.33. The zero-order valence-electron chi connectivity index (χ0n) is 12.8. The lowest BCUT2D eigenvalue weighted by atomic mass is 9.95. The van der Waals surface area contributed by atoms with Gasteiger partial charge in [0.25, 0.3) is 5.91 Å². The summed E-state index contributed by atoms with van der Waals surface area (Å²) in [7, 11) is 0. The van der Waals surface area contributed by atoms with E-state index in [9.17, 15) is 9.59 Å². The molecule has 1 amide bonds. The molecule has 0 spiro atoms. The zero-order valence-corrected chi connectivity index (χ0v) is 12.8. The van der Waals surface area contributed by atoms with Crippen LogP contribution in [0.1, 0.15) is 30.1 Å². The van der Waals surface area contributed by atoms with Gasteiger partial charge in [-0.1, -0.05) is 0 Å². The topological polar surface area (TPSA) is 80.3 Å². The van der Waals surface area contributed by atoms with Gasteiger partial charge in [0.1, 0.15) is 0 Å². The lowest BCUT2D eigenvalue weighted by Gasteiger charge is -2.26. The van der Waals surface area contributed by atoms with E-state index in [1.807, 2.05) is 6.92 Å². The Hall–Kier alpha value is -2.89. The van der Waals surface area contributed by atoms with Crippen LogP contribution < -0.4 is 10.8 Å². The number of nitrogens with one attached hydrogen (secondary N) is 2. The Bertz CT molecular complexity index is 733. The molecule has 6 nitrogen and oxygen atoms in total. The van der Waals surface area contributed by atoms with Crippen molar-refractivity contribution >= 4 is 11.7 Å². The van der Waals surface area contributed by atoms with Crippen LogP contribution in [0.25, 0.3) is 0 Å². The van der Waals surface area contributed by atoms with Crippen molar-refractivity contribution in [3.63, 3.8) is 0 Å². The van der Waals surface area contributed by atoms with E-state index >= 15 is 0 Å². The van der Waals surface area contributed by atoms with Crippen LogP contribution in [0.4, 0.5) is 0 Å². The molecule has 1 aromatic heterocycles. The van der Waals surface area contributed by atoms with Gasteiger partial charge in [-0.2, -0.15) is 0 Å². The second-order valence-corrected chi connectivity index (χ2v) is 5.35. The van der Waals surface area contributed by atoms with Gasteiger partial charge < -0.3 is 10.2 Å². The summed E-state index contributed by atoms with van der Waals surface area (Å²) >= 11 is 0. The van der Waals surface area contributed by atoms with E-state index in [2.05, 4.69) is 15.8 Å². The standard InChI is InChI=1S/C17H17N3O3/c1-11-14-10-13(21)2-3-16(14)23-20-15(11)6-9-19-17(22)12-4-7-18-8-5-12/h3-5,7-8,10,20H,2,6,9H2,1H3,(H,19,22). The number of aromatic nitrogens is 1. The smallest absolute Gasteiger partial charge is 0.251 e. The van der Waals surface area contributed by atoms with E-state index in [1.54, 1.807) is 36.7 Å². The summed E-state index contributed by atoms with van der Waals surface area (Å²) in [5, 5.41) is 2.85. The number of hydrogen-bond donors (Lipinski definition) is 2. The van der Waals surface area contributed by atoms with Crippen LogP contribution in [0.15, 0.2) is 59.3 Å². The van der Waals surface area contributed by atoms with Gasteiger partial charge in [-0.05, 0) is 36.8 Å². The summed E-state index contributed by atoms with van der Waals surface area (Å²) in [4.78, 5) is 32.9. The van der Waals surface area contributed by atoms with Gasteiger partial charge in [0, 0.05) is 42.9 Å². The predicted octanol–water partition coefficient (Wildman–Crippen LogP) is 1.79. The number of carbonyl (C=O) groups is 2. The minimum Gasteiger partial charge on any atom is -0.382 e. The van der Waals surface area contributed by atoms with E-state index < -0.39 is 0 Å². The highest BCUT2D eigenvalue weighted by Gasteiger charge is 2.23. The Balaban J connectivity index is 1.62. The normalized spacial score (nSPS) is 16.7. The van der Waals surface area contributed by atoms with Crippen LogP contribution >= 0.6 is 0 Å². The molecule has 2 heterocycles. The monoisotopic (exact) mass is 311 g/mol. The molecule has 2 N–H and O–H groups in total. The fourth-order valence-corrected chi connectivity index (χ4v) is 2.48. The highest BCUT2D eigenvalue weighted by molar-refractivity contribution is 5.95. The molecule has 118 valence electrons. The van der Waals surface area contributed by atoms with Crippen LogP contribution in [-0.4, -0.2) is 23.2 Å². The first-order chi connectivity index (χ1) is 11.1. The van der Waals surface area contributed by atoms with Gasteiger partial charge in [-0.3, -0.25) is 14.6 Å².